The van der Waals surface area contributed by atoms with E-state index < -0.39 is 0 Å². The molecule has 4 heteroatoms. The van der Waals surface area contributed by atoms with Gasteiger partial charge in [-0.1, -0.05) is 19.1 Å². The van der Waals surface area contributed by atoms with Crippen molar-refractivity contribution in [2.45, 2.75) is 39.2 Å². The SMILES string of the molecule is C=CCC(C)(CC=C)CC(C)NCCOCCOCCOC. The Morgan fingerprint density at radius 1 is 1.00 bits per heavy atom. The van der Waals surface area contributed by atoms with Gasteiger partial charge in [-0.05, 0) is 31.6 Å². The summed E-state index contributed by atoms with van der Waals surface area (Å²) in [5.41, 5.74) is 0.242. The van der Waals surface area contributed by atoms with Gasteiger partial charge in [-0.15, -0.1) is 13.2 Å². The van der Waals surface area contributed by atoms with Crippen molar-refractivity contribution < 1.29 is 14.2 Å². The van der Waals surface area contributed by atoms with Crippen molar-refractivity contribution >= 4 is 0 Å². The highest BCUT2D eigenvalue weighted by Gasteiger charge is 2.23. The molecule has 0 radical (unpaired) electrons. The zero-order chi connectivity index (χ0) is 16.7. The van der Waals surface area contributed by atoms with Crippen LogP contribution in [0.4, 0.5) is 0 Å². The van der Waals surface area contributed by atoms with Crippen molar-refractivity contribution in [3.8, 4) is 0 Å². The lowest BCUT2D eigenvalue weighted by molar-refractivity contribution is 0.0251. The molecular formula is C18H35NO3. The van der Waals surface area contributed by atoms with Gasteiger partial charge in [0.05, 0.1) is 33.0 Å². The number of hydrogen-bond donors (Lipinski definition) is 1. The first kappa shape index (κ1) is 21.3. The minimum atomic E-state index is 0.242. The summed E-state index contributed by atoms with van der Waals surface area (Å²) in [4.78, 5) is 0. The Morgan fingerprint density at radius 2 is 1.55 bits per heavy atom. The van der Waals surface area contributed by atoms with Crippen LogP contribution in [-0.2, 0) is 14.2 Å². The fraction of sp³-hybridized carbons (Fsp3) is 0.778. The maximum atomic E-state index is 5.53. The molecule has 0 aromatic rings. The van der Waals surface area contributed by atoms with Crippen molar-refractivity contribution in [3.63, 3.8) is 0 Å². The van der Waals surface area contributed by atoms with Crippen LogP contribution in [0.15, 0.2) is 25.3 Å². The molecular weight excluding hydrogens is 278 g/mol. The van der Waals surface area contributed by atoms with Crippen LogP contribution < -0.4 is 5.32 Å². The molecule has 22 heavy (non-hydrogen) atoms. The maximum absolute atomic E-state index is 5.53. The summed E-state index contributed by atoms with van der Waals surface area (Å²) < 4.78 is 15.8. The molecule has 4 nitrogen and oxygen atoms in total. The van der Waals surface area contributed by atoms with Crippen molar-refractivity contribution in [2.24, 2.45) is 5.41 Å². The Morgan fingerprint density at radius 3 is 2.09 bits per heavy atom. The third-order valence-electron chi connectivity index (χ3n) is 3.62. The first-order chi connectivity index (χ1) is 10.6. The van der Waals surface area contributed by atoms with Crippen molar-refractivity contribution in [1.82, 2.24) is 5.32 Å². The summed E-state index contributed by atoms with van der Waals surface area (Å²) in [5.74, 6) is 0. The molecule has 0 rings (SSSR count). The highest BCUT2D eigenvalue weighted by atomic mass is 16.5. The van der Waals surface area contributed by atoms with Gasteiger partial charge in [0, 0.05) is 19.7 Å². The Balaban J connectivity index is 3.65. The van der Waals surface area contributed by atoms with E-state index in [0.29, 0.717) is 39.1 Å². The molecule has 1 unspecified atom stereocenters. The zero-order valence-corrected chi connectivity index (χ0v) is 14.7. The molecule has 1 atom stereocenters. The van der Waals surface area contributed by atoms with Gasteiger partial charge in [0.1, 0.15) is 0 Å². The number of nitrogens with one attached hydrogen (secondary N) is 1. The average Bonchev–Trinajstić information content (AvgIpc) is 2.45. The number of ether oxygens (including phenoxy) is 3. The molecule has 0 spiro atoms. The van der Waals surface area contributed by atoms with Gasteiger partial charge >= 0.3 is 0 Å². The van der Waals surface area contributed by atoms with Gasteiger partial charge < -0.3 is 19.5 Å². The number of methoxy groups -OCH3 is 1. The van der Waals surface area contributed by atoms with Gasteiger partial charge in [-0.25, -0.2) is 0 Å². The van der Waals surface area contributed by atoms with Crippen LogP contribution in [0.5, 0.6) is 0 Å². The van der Waals surface area contributed by atoms with E-state index in [9.17, 15) is 0 Å². The molecule has 0 saturated carbocycles. The molecule has 0 bridgehead atoms. The summed E-state index contributed by atoms with van der Waals surface area (Å²) in [6, 6.07) is 0.450. The molecule has 0 fully saturated rings. The minimum absolute atomic E-state index is 0.242. The normalized spacial score (nSPS) is 13.0. The van der Waals surface area contributed by atoms with Gasteiger partial charge in [0.15, 0.2) is 0 Å². The van der Waals surface area contributed by atoms with E-state index in [1.807, 2.05) is 12.2 Å². The molecule has 1 N–H and O–H groups in total. The molecule has 0 amide bonds. The summed E-state index contributed by atoms with van der Waals surface area (Å²) in [6.45, 7) is 16.3. The number of rotatable bonds is 16. The molecule has 0 aliphatic carbocycles. The predicted molar refractivity (Wildman–Crippen MR) is 93.3 cm³/mol. The van der Waals surface area contributed by atoms with Gasteiger partial charge in [-0.2, -0.15) is 0 Å². The monoisotopic (exact) mass is 313 g/mol. The van der Waals surface area contributed by atoms with Gasteiger partial charge in [0.2, 0.25) is 0 Å². The third kappa shape index (κ3) is 11.9. The molecule has 0 aromatic heterocycles. The molecule has 0 aliphatic rings. The largest absolute Gasteiger partial charge is 0.382 e. The Labute approximate surface area is 136 Å². The van der Waals surface area contributed by atoms with Crippen LogP contribution in [0.1, 0.15) is 33.1 Å². The standard InChI is InChI=1S/C18H35NO3/c1-6-8-18(4,9-7-2)16-17(3)19-10-11-21-14-15-22-13-12-20-5/h6-7,17,19H,1-2,8-16H2,3-5H3. The van der Waals surface area contributed by atoms with Crippen molar-refractivity contribution in [2.75, 3.05) is 46.7 Å². The highest BCUT2D eigenvalue weighted by molar-refractivity contribution is 4.90. The Hall–Kier alpha value is -0.680. The van der Waals surface area contributed by atoms with Crippen LogP contribution in [-0.4, -0.2) is 52.7 Å². The lowest BCUT2D eigenvalue weighted by Gasteiger charge is -2.30. The fourth-order valence-electron chi connectivity index (χ4n) is 2.60. The van der Waals surface area contributed by atoms with Crippen LogP contribution in [0.25, 0.3) is 0 Å². The van der Waals surface area contributed by atoms with Crippen LogP contribution in [0.2, 0.25) is 0 Å². The van der Waals surface area contributed by atoms with Crippen molar-refractivity contribution in [3.05, 3.63) is 25.3 Å². The van der Waals surface area contributed by atoms with E-state index in [4.69, 9.17) is 14.2 Å². The van der Waals surface area contributed by atoms with Crippen LogP contribution in [0.3, 0.4) is 0 Å². The summed E-state index contributed by atoms with van der Waals surface area (Å²) in [6.07, 6.45) is 7.14. The molecule has 0 aliphatic heterocycles. The van der Waals surface area contributed by atoms with Crippen LogP contribution in [0, 0.1) is 5.41 Å². The Bertz CT molecular complexity index is 272. The number of hydrogen-bond acceptors (Lipinski definition) is 4. The lowest BCUT2D eigenvalue weighted by atomic mass is 9.78. The second-order valence-electron chi connectivity index (χ2n) is 6.07. The summed E-state index contributed by atoms with van der Waals surface area (Å²) in [7, 11) is 1.67. The third-order valence-corrected chi connectivity index (χ3v) is 3.62. The van der Waals surface area contributed by atoms with E-state index in [0.717, 1.165) is 25.8 Å². The van der Waals surface area contributed by atoms with E-state index in [-0.39, 0.29) is 5.41 Å². The summed E-state index contributed by atoms with van der Waals surface area (Å²) in [5, 5.41) is 3.51. The second kappa shape index (κ2) is 13.9. The van der Waals surface area contributed by atoms with Crippen LogP contribution >= 0.6 is 0 Å². The van der Waals surface area contributed by atoms with E-state index in [1.54, 1.807) is 7.11 Å². The van der Waals surface area contributed by atoms with E-state index in [2.05, 4.69) is 32.3 Å². The molecule has 0 aromatic carbocycles. The predicted octanol–water partition coefficient (Wildman–Crippen LogP) is 3.19. The molecule has 130 valence electrons. The second-order valence-corrected chi connectivity index (χ2v) is 6.07. The minimum Gasteiger partial charge on any atom is -0.382 e. The van der Waals surface area contributed by atoms with Crippen molar-refractivity contribution in [1.29, 1.82) is 0 Å². The summed E-state index contributed by atoms with van der Waals surface area (Å²) >= 11 is 0. The topological polar surface area (TPSA) is 39.7 Å². The Kier molecular flexibility index (Phi) is 13.5. The smallest absolute Gasteiger partial charge is 0.0701 e. The number of allylic oxidation sites excluding steroid dienone is 2. The van der Waals surface area contributed by atoms with E-state index >= 15 is 0 Å². The first-order valence-electron chi connectivity index (χ1n) is 8.17. The highest BCUT2D eigenvalue weighted by Crippen LogP contribution is 2.32. The first-order valence-corrected chi connectivity index (χ1v) is 8.17. The zero-order valence-electron chi connectivity index (χ0n) is 14.7. The lowest BCUT2D eigenvalue weighted by Crippen LogP contribution is -2.34. The molecule has 0 heterocycles. The molecule has 0 saturated heterocycles. The average molecular weight is 313 g/mol. The fourth-order valence-corrected chi connectivity index (χ4v) is 2.60. The maximum Gasteiger partial charge on any atom is 0.0701 e. The van der Waals surface area contributed by atoms with E-state index in [1.165, 1.54) is 0 Å². The van der Waals surface area contributed by atoms with Gasteiger partial charge in [0.25, 0.3) is 0 Å². The van der Waals surface area contributed by atoms with Gasteiger partial charge in [-0.3, -0.25) is 0 Å². The quantitative estimate of drug-likeness (QED) is 0.351.